The van der Waals surface area contributed by atoms with Gasteiger partial charge in [-0.3, -0.25) is 4.79 Å². The molecule has 0 aromatic rings. The normalized spacial score (nSPS) is 13.9. The van der Waals surface area contributed by atoms with E-state index in [1.165, 1.54) is 7.11 Å². The van der Waals surface area contributed by atoms with Crippen LogP contribution in [0.4, 0.5) is 0 Å². The third-order valence-corrected chi connectivity index (χ3v) is 3.19. The summed E-state index contributed by atoms with van der Waals surface area (Å²) >= 11 is 1.77. The van der Waals surface area contributed by atoms with Crippen molar-refractivity contribution in [1.82, 2.24) is 5.32 Å². The zero-order valence-corrected chi connectivity index (χ0v) is 9.83. The van der Waals surface area contributed by atoms with Crippen molar-refractivity contribution in [3.63, 3.8) is 0 Å². The van der Waals surface area contributed by atoms with E-state index in [9.17, 15) is 4.79 Å². The highest BCUT2D eigenvalue weighted by molar-refractivity contribution is 7.99. The number of ether oxygens (including phenoxy) is 1. The van der Waals surface area contributed by atoms with E-state index in [1.54, 1.807) is 11.8 Å². The van der Waals surface area contributed by atoms with E-state index in [0.29, 0.717) is 0 Å². The van der Waals surface area contributed by atoms with Gasteiger partial charge in [-0.1, -0.05) is 0 Å². The number of hydrogen-bond acceptors (Lipinski definition) is 4. The van der Waals surface area contributed by atoms with Crippen molar-refractivity contribution in [3.8, 4) is 0 Å². The molecule has 0 radical (unpaired) electrons. The topological polar surface area (TPSA) is 38.3 Å². The highest BCUT2D eigenvalue weighted by Gasteiger charge is 2.19. The van der Waals surface area contributed by atoms with Crippen molar-refractivity contribution in [2.24, 2.45) is 0 Å². The minimum atomic E-state index is -0.226. The zero-order valence-electron chi connectivity index (χ0n) is 9.01. The van der Waals surface area contributed by atoms with E-state index in [2.05, 4.69) is 30.2 Å². The number of carbonyl (C=O) groups excluding carboxylic acids is 1. The van der Waals surface area contributed by atoms with Crippen LogP contribution in [0.15, 0.2) is 0 Å². The van der Waals surface area contributed by atoms with Gasteiger partial charge in [0.15, 0.2) is 0 Å². The molecule has 0 saturated carbocycles. The smallest absolute Gasteiger partial charge is 0.322 e. The van der Waals surface area contributed by atoms with Crippen molar-refractivity contribution in [3.05, 3.63) is 0 Å². The lowest BCUT2D eigenvalue weighted by Gasteiger charge is -2.24. The van der Waals surface area contributed by atoms with Crippen LogP contribution in [0.2, 0.25) is 0 Å². The van der Waals surface area contributed by atoms with E-state index >= 15 is 0 Å². The zero-order chi connectivity index (χ0) is 10.5. The van der Waals surface area contributed by atoms with Crippen molar-refractivity contribution in [2.75, 3.05) is 19.9 Å². The molecule has 0 amide bonds. The maximum Gasteiger partial charge on any atom is 0.322 e. The van der Waals surface area contributed by atoms with Gasteiger partial charge in [0.2, 0.25) is 0 Å². The lowest BCUT2D eigenvalue weighted by atomic mass is 10.2. The second-order valence-corrected chi connectivity index (χ2v) is 5.10. The molecule has 4 heteroatoms. The van der Waals surface area contributed by atoms with E-state index in [4.69, 9.17) is 0 Å². The number of rotatable bonds is 5. The van der Waals surface area contributed by atoms with Gasteiger partial charge in [-0.05, 0) is 27.0 Å². The maximum absolute atomic E-state index is 11.0. The molecule has 1 atom stereocenters. The number of nitrogens with one attached hydrogen (secondary N) is 1. The van der Waals surface area contributed by atoms with Crippen LogP contribution >= 0.6 is 11.8 Å². The third-order valence-electron chi connectivity index (χ3n) is 1.94. The first-order valence-electron chi connectivity index (χ1n) is 4.29. The Balaban J connectivity index is 3.82. The lowest BCUT2D eigenvalue weighted by molar-refractivity contribution is -0.142. The van der Waals surface area contributed by atoms with Gasteiger partial charge in [-0.25, -0.2) is 0 Å². The third kappa shape index (κ3) is 5.16. The van der Waals surface area contributed by atoms with Gasteiger partial charge in [-0.2, -0.15) is 11.8 Å². The minimum Gasteiger partial charge on any atom is -0.468 e. The van der Waals surface area contributed by atoms with Gasteiger partial charge < -0.3 is 10.1 Å². The summed E-state index contributed by atoms with van der Waals surface area (Å²) in [4.78, 5) is 11.0. The van der Waals surface area contributed by atoms with Gasteiger partial charge in [0.1, 0.15) is 6.04 Å². The molecule has 0 aliphatic heterocycles. The molecule has 0 saturated heterocycles. The van der Waals surface area contributed by atoms with Crippen LogP contribution in [0, 0.1) is 0 Å². The molecule has 0 spiro atoms. The summed E-state index contributed by atoms with van der Waals surface area (Å²) < 4.78 is 4.76. The predicted molar refractivity (Wildman–Crippen MR) is 57.1 cm³/mol. The number of methoxy groups -OCH3 is 1. The first-order valence-corrected chi connectivity index (χ1v) is 5.52. The maximum atomic E-state index is 11.0. The second kappa shape index (κ2) is 5.50. The molecule has 78 valence electrons. The average Bonchev–Trinajstić information content (AvgIpc) is 2.13. The molecule has 1 N–H and O–H groups in total. The largest absolute Gasteiger partial charge is 0.468 e. The average molecular weight is 205 g/mol. The molecule has 0 aliphatic rings. The Morgan fingerprint density at radius 2 is 2.15 bits per heavy atom. The summed E-state index contributed by atoms with van der Waals surface area (Å²) in [5, 5.41) is 3.13. The first-order chi connectivity index (χ1) is 5.93. The number of thioether (sulfide) groups is 1. The van der Waals surface area contributed by atoms with Gasteiger partial charge in [0.25, 0.3) is 0 Å². The number of carbonyl (C=O) groups is 1. The molecule has 0 aromatic heterocycles. The highest BCUT2D eigenvalue weighted by atomic mass is 32.2. The van der Waals surface area contributed by atoms with Crippen molar-refractivity contribution >= 4 is 17.7 Å². The lowest BCUT2D eigenvalue weighted by Crippen LogP contribution is -2.41. The number of esters is 1. The van der Waals surface area contributed by atoms with Crippen LogP contribution in [-0.2, 0) is 9.53 Å². The summed E-state index contributed by atoms with van der Waals surface area (Å²) in [6.07, 6.45) is 2.06. The molecular weight excluding hydrogens is 186 g/mol. The van der Waals surface area contributed by atoms with Crippen LogP contribution in [-0.4, -0.2) is 36.7 Å². The molecule has 0 aliphatic carbocycles. The summed E-state index contributed by atoms with van der Waals surface area (Å²) in [6.45, 7) is 6.87. The Kier molecular flexibility index (Phi) is 5.40. The Bertz CT molecular complexity index is 171. The van der Waals surface area contributed by atoms with Crippen LogP contribution in [0.3, 0.4) is 0 Å². The highest BCUT2D eigenvalue weighted by Crippen LogP contribution is 2.19. The molecule has 3 nitrogen and oxygen atoms in total. The molecular formula is C9H19NO2S. The van der Waals surface area contributed by atoms with Crippen LogP contribution in [0.5, 0.6) is 0 Å². The van der Waals surface area contributed by atoms with Crippen molar-refractivity contribution in [1.29, 1.82) is 0 Å². The molecule has 0 aromatic carbocycles. The van der Waals surface area contributed by atoms with Gasteiger partial charge >= 0.3 is 5.97 Å². The van der Waals surface area contributed by atoms with Gasteiger partial charge in [0.05, 0.1) is 7.11 Å². The van der Waals surface area contributed by atoms with Crippen molar-refractivity contribution < 1.29 is 9.53 Å². The summed E-state index contributed by atoms with van der Waals surface area (Å²) in [5.74, 6) is -0.211. The standard InChI is InChI=1S/C9H19NO2S/c1-7(8(11)12-4)10-6-9(2,3)13-5/h7,10H,6H2,1-5H3. The quantitative estimate of drug-likeness (QED) is 0.686. The van der Waals surface area contributed by atoms with Crippen LogP contribution in [0.25, 0.3) is 0 Å². The first kappa shape index (κ1) is 12.8. The second-order valence-electron chi connectivity index (χ2n) is 3.59. The molecule has 0 bridgehead atoms. The van der Waals surface area contributed by atoms with Crippen LogP contribution < -0.4 is 5.32 Å². The fraction of sp³-hybridized carbons (Fsp3) is 0.889. The molecule has 0 heterocycles. The number of hydrogen-bond donors (Lipinski definition) is 1. The monoisotopic (exact) mass is 205 g/mol. The fourth-order valence-corrected chi connectivity index (χ4v) is 0.959. The SMILES string of the molecule is COC(=O)C(C)NCC(C)(C)SC. The Labute approximate surface area is 84.6 Å². The van der Waals surface area contributed by atoms with Gasteiger partial charge in [-0.15, -0.1) is 0 Å². The van der Waals surface area contributed by atoms with Crippen LogP contribution in [0.1, 0.15) is 20.8 Å². The molecule has 0 fully saturated rings. The van der Waals surface area contributed by atoms with E-state index in [-0.39, 0.29) is 16.8 Å². The summed E-state index contributed by atoms with van der Waals surface area (Å²) in [6, 6.07) is -0.226. The minimum absolute atomic E-state index is 0.155. The van der Waals surface area contributed by atoms with E-state index < -0.39 is 0 Å². The van der Waals surface area contributed by atoms with Crippen molar-refractivity contribution in [2.45, 2.75) is 31.6 Å². The Hall–Kier alpha value is -0.220. The molecule has 0 rings (SSSR count). The summed E-state index contributed by atoms with van der Waals surface area (Å²) in [7, 11) is 1.40. The van der Waals surface area contributed by atoms with E-state index in [0.717, 1.165) is 6.54 Å². The predicted octanol–water partition coefficient (Wildman–Crippen LogP) is 1.28. The van der Waals surface area contributed by atoms with E-state index in [1.807, 2.05) is 6.92 Å². The Morgan fingerprint density at radius 1 is 1.62 bits per heavy atom. The Morgan fingerprint density at radius 3 is 2.54 bits per heavy atom. The molecule has 1 unspecified atom stereocenters. The summed E-state index contributed by atoms with van der Waals surface area (Å²) in [5.41, 5.74) is 0. The van der Waals surface area contributed by atoms with Gasteiger partial charge in [0, 0.05) is 11.3 Å². The molecule has 13 heavy (non-hydrogen) atoms. The fourth-order valence-electron chi connectivity index (χ4n) is 0.731.